The monoisotopic (exact) mass is 278 g/mol. The van der Waals surface area contributed by atoms with Crippen LogP contribution in [0.5, 0.6) is 0 Å². The summed E-state index contributed by atoms with van der Waals surface area (Å²) in [5.74, 6) is -0.965. The number of methoxy groups -OCH3 is 1. The molecule has 0 aliphatic carbocycles. The summed E-state index contributed by atoms with van der Waals surface area (Å²) in [4.78, 5) is 33.9. The van der Waals surface area contributed by atoms with Crippen molar-refractivity contribution in [1.29, 1.82) is 0 Å². The number of carbonyl (C=O) groups is 3. The molecule has 0 bridgehead atoms. The van der Waals surface area contributed by atoms with Gasteiger partial charge in [-0.2, -0.15) is 0 Å². The van der Waals surface area contributed by atoms with Crippen LogP contribution < -0.4 is 10.6 Å². The van der Waals surface area contributed by atoms with Gasteiger partial charge in [0.1, 0.15) is 6.04 Å². The third-order valence-electron chi connectivity index (χ3n) is 2.66. The van der Waals surface area contributed by atoms with Gasteiger partial charge in [0.25, 0.3) is 5.91 Å². The number of amides is 2. The second kappa shape index (κ2) is 7.28. The zero-order valence-corrected chi connectivity index (χ0v) is 11.7. The molecule has 0 spiro atoms. The van der Waals surface area contributed by atoms with E-state index in [0.29, 0.717) is 12.1 Å². The molecule has 0 saturated carbocycles. The quantitative estimate of drug-likeness (QED) is 0.773. The average molecular weight is 278 g/mol. The van der Waals surface area contributed by atoms with Gasteiger partial charge in [0.2, 0.25) is 5.91 Å². The molecule has 1 atom stereocenters. The maximum Gasteiger partial charge on any atom is 0.328 e. The topological polar surface area (TPSA) is 84.5 Å². The van der Waals surface area contributed by atoms with Crippen molar-refractivity contribution in [3.63, 3.8) is 0 Å². The Labute approximate surface area is 117 Å². The Morgan fingerprint density at radius 1 is 1.20 bits per heavy atom. The molecule has 1 rings (SSSR count). The highest BCUT2D eigenvalue weighted by atomic mass is 16.5. The average Bonchev–Trinajstić information content (AvgIpc) is 2.44. The van der Waals surface area contributed by atoms with Gasteiger partial charge in [-0.1, -0.05) is 12.1 Å². The van der Waals surface area contributed by atoms with Gasteiger partial charge in [-0.3, -0.25) is 9.59 Å². The fourth-order valence-electron chi connectivity index (χ4n) is 1.52. The first kappa shape index (κ1) is 15.7. The number of nitrogens with one attached hydrogen (secondary N) is 2. The molecule has 6 heteroatoms. The van der Waals surface area contributed by atoms with E-state index in [2.05, 4.69) is 15.4 Å². The van der Waals surface area contributed by atoms with Crippen molar-refractivity contribution in [3.05, 3.63) is 35.4 Å². The maximum absolute atomic E-state index is 11.9. The number of hydrogen-bond donors (Lipinski definition) is 2. The minimum atomic E-state index is -0.702. The smallest absolute Gasteiger partial charge is 0.328 e. The van der Waals surface area contributed by atoms with Crippen molar-refractivity contribution >= 4 is 17.8 Å². The fourth-order valence-corrected chi connectivity index (χ4v) is 1.52. The summed E-state index contributed by atoms with van der Waals surface area (Å²) >= 11 is 0. The number of benzene rings is 1. The van der Waals surface area contributed by atoms with Crippen LogP contribution in [-0.4, -0.2) is 30.9 Å². The van der Waals surface area contributed by atoms with E-state index in [1.54, 1.807) is 31.2 Å². The molecule has 6 nitrogen and oxygen atoms in total. The molecule has 20 heavy (non-hydrogen) atoms. The molecule has 0 radical (unpaired) electrons. The number of hydrogen-bond acceptors (Lipinski definition) is 4. The molecule has 0 aliphatic rings. The van der Waals surface area contributed by atoms with E-state index in [9.17, 15) is 14.4 Å². The molecule has 2 amide bonds. The van der Waals surface area contributed by atoms with Gasteiger partial charge in [0.15, 0.2) is 0 Å². The Kier molecular flexibility index (Phi) is 5.71. The zero-order valence-electron chi connectivity index (χ0n) is 11.7. The lowest BCUT2D eigenvalue weighted by Crippen LogP contribution is -2.39. The van der Waals surface area contributed by atoms with E-state index in [-0.39, 0.29) is 11.8 Å². The molecule has 1 aromatic carbocycles. The number of ether oxygens (including phenoxy) is 1. The normalized spacial score (nSPS) is 11.3. The summed E-state index contributed by atoms with van der Waals surface area (Å²) in [6, 6.07) is 6.06. The lowest BCUT2D eigenvalue weighted by molar-refractivity contribution is -0.142. The Hall–Kier alpha value is -2.37. The van der Waals surface area contributed by atoms with Crippen LogP contribution in [0.4, 0.5) is 0 Å². The van der Waals surface area contributed by atoms with E-state index in [1.165, 1.54) is 14.0 Å². The number of rotatable bonds is 5. The summed E-state index contributed by atoms with van der Waals surface area (Å²) in [6.07, 6.45) is 0. The Balaban J connectivity index is 2.61. The molecular weight excluding hydrogens is 260 g/mol. The van der Waals surface area contributed by atoms with Crippen LogP contribution in [-0.2, 0) is 20.9 Å². The Bertz CT molecular complexity index is 496. The van der Waals surface area contributed by atoms with Crippen LogP contribution in [0.1, 0.15) is 29.8 Å². The molecule has 0 aliphatic heterocycles. The molecule has 1 aromatic rings. The lowest BCUT2D eigenvalue weighted by Gasteiger charge is -2.11. The minimum absolute atomic E-state index is 0.112. The second-order valence-corrected chi connectivity index (χ2v) is 4.32. The van der Waals surface area contributed by atoms with Crippen molar-refractivity contribution < 1.29 is 19.1 Å². The van der Waals surface area contributed by atoms with E-state index >= 15 is 0 Å². The van der Waals surface area contributed by atoms with Gasteiger partial charge < -0.3 is 15.4 Å². The van der Waals surface area contributed by atoms with Crippen LogP contribution >= 0.6 is 0 Å². The van der Waals surface area contributed by atoms with Crippen molar-refractivity contribution in [1.82, 2.24) is 10.6 Å². The summed E-state index contributed by atoms with van der Waals surface area (Å²) < 4.78 is 4.53. The maximum atomic E-state index is 11.9. The third kappa shape index (κ3) is 4.72. The molecular formula is C14H18N2O4. The summed E-state index contributed by atoms with van der Waals surface area (Å²) in [6.45, 7) is 3.40. The molecule has 0 fully saturated rings. The fraction of sp³-hybridized carbons (Fsp3) is 0.357. The summed E-state index contributed by atoms with van der Waals surface area (Å²) in [5.41, 5.74) is 1.32. The van der Waals surface area contributed by atoms with Gasteiger partial charge in [0, 0.05) is 19.0 Å². The molecule has 0 saturated heterocycles. The second-order valence-electron chi connectivity index (χ2n) is 4.32. The van der Waals surface area contributed by atoms with Crippen LogP contribution in [0.25, 0.3) is 0 Å². The van der Waals surface area contributed by atoms with E-state index in [1.807, 2.05) is 0 Å². The zero-order chi connectivity index (χ0) is 15.1. The van der Waals surface area contributed by atoms with Crippen molar-refractivity contribution in [2.24, 2.45) is 0 Å². The third-order valence-corrected chi connectivity index (χ3v) is 2.66. The van der Waals surface area contributed by atoms with Crippen LogP contribution in [0, 0.1) is 0 Å². The van der Waals surface area contributed by atoms with Crippen molar-refractivity contribution in [2.75, 3.05) is 7.11 Å². The first-order valence-electron chi connectivity index (χ1n) is 6.16. The molecule has 2 N–H and O–H groups in total. The van der Waals surface area contributed by atoms with Gasteiger partial charge in [-0.05, 0) is 24.6 Å². The van der Waals surface area contributed by atoms with Crippen molar-refractivity contribution in [3.8, 4) is 0 Å². The van der Waals surface area contributed by atoms with E-state index in [0.717, 1.165) is 5.56 Å². The standard InChI is InChI=1S/C14H18N2O4/c1-9(14(19)20-3)16-13(18)12-6-4-11(5-7-12)8-15-10(2)17/h4-7,9H,8H2,1-3H3,(H,15,17)(H,16,18). The van der Waals surface area contributed by atoms with Gasteiger partial charge in [-0.15, -0.1) is 0 Å². The molecule has 1 unspecified atom stereocenters. The van der Waals surface area contributed by atoms with Gasteiger partial charge >= 0.3 is 5.97 Å². The highest BCUT2D eigenvalue weighted by molar-refractivity contribution is 5.96. The number of carbonyl (C=O) groups excluding carboxylic acids is 3. The van der Waals surface area contributed by atoms with Crippen molar-refractivity contribution in [2.45, 2.75) is 26.4 Å². The summed E-state index contributed by atoms with van der Waals surface area (Å²) in [5, 5.41) is 5.20. The van der Waals surface area contributed by atoms with Gasteiger partial charge in [0.05, 0.1) is 7.11 Å². The number of esters is 1. The van der Waals surface area contributed by atoms with Crippen LogP contribution in [0.15, 0.2) is 24.3 Å². The van der Waals surface area contributed by atoms with Crippen LogP contribution in [0.3, 0.4) is 0 Å². The predicted octanol–water partition coefficient (Wildman–Crippen LogP) is 0.614. The lowest BCUT2D eigenvalue weighted by atomic mass is 10.1. The summed E-state index contributed by atoms with van der Waals surface area (Å²) in [7, 11) is 1.27. The molecule has 0 heterocycles. The van der Waals surface area contributed by atoms with E-state index < -0.39 is 12.0 Å². The van der Waals surface area contributed by atoms with Gasteiger partial charge in [-0.25, -0.2) is 4.79 Å². The Morgan fingerprint density at radius 3 is 2.30 bits per heavy atom. The SMILES string of the molecule is COC(=O)C(C)NC(=O)c1ccc(CNC(C)=O)cc1. The first-order chi connectivity index (χ1) is 9.43. The first-order valence-corrected chi connectivity index (χ1v) is 6.16. The van der Waals surface area contributed by atoms with Crippen LogP contribution in [0.2, 0.25) is 0 Å². The predicted molar refractivity (Wildman–Crippen MR) is 72.9 cm³/mol. The largest absolute Gasteiger partial charge is 0.467 e. The van der Waals surface area contributed by atoms with E-state index in [4.69, 9.17) is 0 Å². The highest BCUT2D eigenvalue weighted by Gasteiger charge is 2.16. The Morgan fingerprint density at radius 2 is 1.80 bits per heavy atom. The highest BCUT2D eigenvalue weighted by Crippen LogP contribution is 2.05. The molecule has 0 aromatic heterocycles. The minimum Gasteiger partial charge on any atom is -0.467 e. The molecule has 108 valence electrons.